The second-order valence-electron chi connectivity index (χ2n) is 4.94. The smallest absolute Gasteiger partial charge is 0.307 e. The summed E-state index contributed by atoms with van der Waals surface area (Å²) in [6, 6.07) is 4.00. The van der Waals surface area contributed by atoms with Gasteiger partial charge in [-0.25, -0.2) is 0 Å². The minimum Gasteiger partial charge on any atom is -0.486 e. The first kappa shape index (κ1) is 13.6. The molecule has 1 aromatic carbocycles. The standard InChI is InChI=1S/C14H17NO4S/c1-20-13-9(10-6-8(7-15-10)14(16)17)2-3-11-12(13)19-5-4-18-11/h2-3,8,10,15H,4-7H2,1H3,(H,16,17). The van der Waals surface area contributed by atoms with Gasteiger partial charge < -0.3 is 19.9 Å². The lowest BCUT2D eigenvalue weighted by atomic mass is 9.99. The third-order valence-corrected chi connectivity index (χ3v) is 4.58. The van der Waals surface area contributed by atoms with Crippen molar-refractivity contribution in [2.24, 2.45) is 5.92 Å². The van der Waals surface area contributed by atoms with Gasteiger partial charge in [-0.1, -0.05) is 6.07 Å². The molecule has 0 radical (unpaired) electrons. The van der Waals surface area contributed by atoms with Crippen LogP contribution in [-0.4, -0.2) is 37.1 Å². The summed E-state index contributed by atoms with van der Waals surface area (Å²) >= 11 is 1.61. The molecule has 2 aliphatic heterocycles. The topological polar surface area (TPSA) is 67.8 Å². The summed E-state index contributed by atoms with van der Waals surface area (Å²) in [5.74, 6) is 0.519. The van der Waals surface area contributed by atoms with E-state index >= 15 is 0 Å². The number of carboxylic acid groups (broad SMARTS) is 1. The molecule has 0 saturated carbocycles. The number of hydrogen-bond acceptors (Lipinski definition) is 5. The van der Waals surface area contributed by atoms with Crippen molar-refractivity contribution in [3.8, 4) is 11.5 Å². The number of ether oxygens (including phenoxy) is 2. The summed E-state index contributed by atoms with van der Waals surface area (Å²) in [5.41, 5.74) is 1.10. The normalized spacial score (nSPS) is 24.6. The van der Waals surface area contributed by atoms with Crippen LogP contribution in [-0.2, 0) is 4.79 Å². The molecule has 1 fully saturated rings. The zero-order valence-corrected chi connectivity index (χ0v) is 12.0. The number of hydrogen-bond donors (Lipinski definition) is 2. The SMILES string of the molecule is CSc1c(C2CC(C(=O)O)CN2)ccc2c1OCCO2. The van der Waals surface area contributed by atoms with E-state index in [4.69, 9.17) is 14.6 Å². The van der Waals surface area contributed by atoms with Gasteiger partial charge in [-0.05, 0) is 24.3 Å². The van der Waals surface area contributed by atoms with Gasteiger partial charge in [-0.3, -0.25) is 4.79 Å². The second kappa shape index (κ2) is 5.54. The Morgan fingerprint density at radius 1 is 1.40 bits per heavy atom. The van der Waals surface area contributed by atoms with Crippen LogP contribution in [0.3, 0.4) is 0 Å². The monoisotopic (exact) mass is 295 g/mol. The number of benzene rings is 1. The highest BCUT2D eigenvalue weighted by Gasteiger charge is 2.32. The first-order valence-corrected chi connectivity index (χ1v) is 7.86. The number of rotatable bonds is 3. The van der Waals surface area contributed by atoms with E-state index in [9.17, 15) is 4.79 Å². The minimum atomic E-state index is -0.733. The molecule has 2 aliphatic rings. The van der Waals surface area contributed by atoms with Crippen LogP contribution >= 0.6 is 11.8 Å². The zero-order chi connectivity index (χ0) is 14.1. The van der Waals surface area contributed by atoms with Gasteiger partial charge in [0.05, 0.1) is 10.8 Å². The Bertz CT molecular complexity index is 534. The largest absolute Gasteiger partial charge is 0.486 e. The van der Waals surface area contributed by atoms with Gasteiger partial charge in [0.1, 0.15) is 13.2 Å². The van der Waals surface area contributed by atoms with Gasteiger partial charge in [-0.2, -0.15) is 0 Å². The van der Waals surface area contributed by atoms with Crippen molar-refractivity contribution >= 4 is 17.7 Å². The number of aliphatic carboxylic acids is 1. The number of nitrogens with one attached hydrogen (secondary N) is 1. The van der Waals surface area contributed by atoms with E-state index in [-0.39, 0.29) is 12.0 Å². The quantitative estimate of drug-likeness (QED) is 0.830. The Morgan fingerprint density at radius 3 is 2.90 bits per heavy atom. The molecule has 0 bridgehead atoms. The van der Waals surface area contributed by atoms with Crippen LogP contribution in [0, 0.1) is 5.92 Å². The van der Waals surface area contributed by atoms with E-state index in [1.807, 2.05) is 18.4 Å². The van der Waals surface area contributed by atoms with Gasteiger partial charge in [0.2, 0.25) is 0 Å². The van der Waals surface area contributed by atoms with Crippen molar-refractivity contribution in [1.29, 1.82) is 0 Å². The molecular weight excluding hydrogens is 278 g/mol. The third kappa shape index (κ3) is 2.33. The molecule has 2 N–H and O–H groups in total. The molecule has 108 valence electrons. The Morgan fingerprint density at radius 2 is 2.20 bits per heavy atom. The number of carbonyl (C=O) groups is 1. The van der Waals surface area contributed by atoms with Crippen molar-refractivity contribution in [3.05, 3.63) is 17.7 Å². The molecule has 1 saturated heterocycles. The molecule has 0 spiro atoms. The van der Waals surface area contributed by atoms with E-state index in [2.05, 4.69) is 5.32 Å². The highest BCUT2D eigenvalue weighted by Crippen LogP contribution is 2.44. The lowest BCUT2D eigenvalue weighted by Gasteiger charge is -2.24. The van der Waals surface area contributed by atoms with Gasteiger partial charge >= 0.3 is 5.97 Å². The molecule has 1 aromatic rings. The second-order valence-corrected chi connectivity index (χ2v) is 5.76. The lowest BCUT2D eigenvalue weighted by Crippen LogP contribution is -2.19. The molecule has 3 rings (SSSR count). The summed E-state index contributed by atoms with van der Waals surface area (Å²) in [7, 11) is 0. The molecule has 2 unspecified atom stereocenters. The summed E-state index contributed by atoms with van der Waals surface area (Å²) in [5, 5.41) is 12.4. The Balaban J connectivity index is 1.92. The van der Waals surface area contributed by atoms with Gasteiger partial charge in [0.15, 0.2) is 11.5 Å². The minimum absolute atomic E-state index is 0.0642. The fourth-order valence-corrected chi connectivity index (χ4v) is 3.54. The van der Waals surface area contributed by atoms with Gasteiger partial charge in [0.25, 0.3) is 0 Å². The lowest BCUT2D eigenvalue weighted by molar-refractivity contribution is -0.141. The number of thioether (sulfide) groups is 1. The van der Waals surface area contributed by atoms with Crippen LogP contribution in [0.2, 0.25) is 0 Å². The highest BCUT2D eigenvalue weighted by molar-refractivity contribution is 7.98. The van der Waals surface area contributed by atoms with Crippen LogP contribution in [0.5, 0.6) is 11.5 Å². The molecule has 6 heteroatoms. The number of fused-ring (bicyclic) bond motifs is 1. The van der Waals surface area contributed by atoms with Crippen LogP contribution in [0.4, 0.5) is 0 Å². The molecule has 0 amide bonds. The summed E-state index contributed by atoms with van der Waals surface area (Å²) in [4.78, 5) is 12.1. The fraction of sp³-hybridized carbons (Fsp3) is 0.500. The number of carboxylic acids is 1. The molecule has 0 aromatic heterocycles. The van der Waals surface area contributed by atoms with Crippen molar-refractivity contribution in [3.63, 3.8) is 0 Å². The van der Waals surface area contributed by atoms with E-state index in [0.29, 0.717) is 26.2 Å². The summed E-state index contributed by atoms with van der Waals surface area (Å²) in [6.07, 6.45) is 2.61. The molecule has 20 heavy (non-hydrogen) atoms. The first-order chi connectivity index (χ1) is 9.70. The predicted octanol–water partition coefficient (Wildman–Crippen LogP) is 1.91. The van der Waals surface area contributed by atoms with Crippen LogP contribution in [0.15, 0.2) is 17.0 Å². The van der Waals surface area contributed by atoms with Crippen molar-refractivity contribution in [2.45, 2.75) is 17.4 Å². The molecule has 2 atom stereocenters. The predicted molar refractivity (Wildman–Crippen MR) is 75.7 cm³/mol. The van der Waals surface area contributed by atoms with Gasteiger partial charge in [-0.15, -0.1) is 11.8 Å². The maximum Gasteiger partial charge on any atom is 0.307 e. The van der Waals surface area contributed by atoms with Crippen LogP contribution < -0.4 is 14.8 Å². The maximum atomic E-state index is 11.1. The van der Waals surface area contributed by atoms with Crippen LogP contribution in [0.1, 0.15) is 18.0 Å². The van der Waals surface area contributed by atoms with Gasteiger partial charge in [0, 0.05) is 12.6 Å². The average molecular weight is 295 g/mol. The van der Waals surface area contributed by atoms with E-state index in [1.54, 1.807) is 11.8 Å². The maximum absolute atomic E-state index is 11.1. The summed E-state index contributed by atoms with van der Waals surface area (Å²) < 4.78 is 11.3. The Kier molecular flexibility index (Phi) is 3.76. The van der Waals surface area contributed by atoms with E-state index in [1.165, 1.54) is 0 Å². The average Bonchev–Trinajstić information content (AvgIpc) is 2.95. The summed E-state index contributed by atoms with van der Waals surface area (Å²) in [6.45, 7) is 1.64. The Hall–Kier alpha value is -1.40. The molecule has 5 nitrogen and oxygen atoms in total. The molecular formula is C14H17NO4S. The fourth-order valence-electron chi connectivity index (χ4n) is 2.75. The molecule has 0 aliphatic carbocycles. The first-order valence-electron chi connectivity index (χ1n) is 6.63. The van der Waals surface area contributed by atoms with E-state index in [0.717, 1.165) is 22.0 Å². The zero-order valence-electron chi connectivity index (χ0n) is 11.2. The van der Waals surface area contributed by atoms with Crippen LogP contribution in [0.25, 0.3) is 0 Å². The van der Waals surface area contributed by atoms with E-state index < -0.39 is 5.97 Å². The third-order valence-electron chi connectivity index (χ3n) is 3.75. The molecule has 2 heterocycles. The van der Waals surface area contributed by atoms with Crippen molar-refractivity contribution < 1.29 is 19.4 Å². The van der Waals surface area contributed by atoms with Crippen molar-refractivity contribution in [1.82, 2.24) is 5.32 Å². The Labute approximate surface area is 121 Å². The highest BCUT2D eigenvalue weighted by atomic mass is 32.2. The van der Waals surface area contributed by atoms with Crippen molar-refractivity contribution in [2.75, 3.05) is 26.0 Å².